The van der Waals surface area contributed by atoms with Crippen molar-refractivity contribution in [2.75, 3.05) is 19.7 Å². The number of ether oxygens (including phenoxy) is 2. The maximum Gasteiger partial charge on any atom is 0.417 e. The van der Waals surface area contributed by atoms with Crippen LogP contribution in [0.4, 0.5) is 13.2 Å². The van der Waals surface area contributed by atoms with Crippen molar-refractivity contribution in [3.8, 4) is 17.4 Å². The molecule has 0 fully saturated rings. The molecule has 0 aliphatic heterocycles. The third kappa shape index (κ3) is 5.75. The SMILES string of the molecule is CCN(CC)C(=O)COc1cccc(Oc2ncc(C(F)(F)F)cc2Cl)c1. The van der Waals surface area contributed by atoms with Crippen LogP contribution in [0.3, 0.4) is 0 Å². The molecule has 0 bridgehead atoms. The average molecular weight is 403 g/mol. The maximum atomic E-state index is 12.7. The second-order valence-corrected chi connectivity index (χ2v) is 5.85. The molecule has 1 aromatic carbocycles. The lowest BCUT2D eigenvalue weighted by Crippen LogP contribution is -2.34. The minimum Gasteiger partial charge on any atom is -0.484 e. The number of alkyl halides is 3. The summed E-state index contributed by atoms with van der Waals surface area (Å²) in [4.78, 5) is 17.2. The van der Waals surface area contributed by atoms with Crippen molar-refractivity contribution in [2.45, 2.75) is 20.0 Å². The summed E-state index contributed by atoms with van der Waals surface area (Å²) in [5, 5.41) is -0.271. The number of halogens is 4. The number of likely N-dealkylation sites (N-methyl/N-ethyl adjacent to an activating group) is 1. The summed E-state index contributed by atoms with van der Waals surface area (Å²) in [6.07, 6.45) is -3.90. The summed E-state index contributed by atoms with van der Waals surface area (Å²) in [5.41, 5.74) is -0.966. The van der Waals surface area contributed by atoms with Gasteiger partial charge in [0.25, 0.3) is 5.91 Å². The molecule has 27 heavy (non-hydrogen) atoms. The minimum atomic E-state index is -4.54. The highest BCUT2D eigenvalue weighted by Gasteiger charge is 2.31. The summed E-state index contributed by atoms with van der Waals surface area (Å²) in [5.74, 6) is 0.313. The van der Waals surface area contributed by atoms with Gasteiger partial charge in [-0.05, 0) is 32.0 Å². The van der Waals surface area contributed by atoms with Gasteiger partial charge in [-0.2, -0.15) is 13.2 Å². The van der Waals surface area contributed by atoms with E-state index in [2.05, 4.69) is 4.98 Å². The fourth-order valence-electron chi connectivity index (χ4n) is 2.21. The lowest BCUT2D eigenvalue weighted by Gasteiger charge is -2.18. The molecule has 0 N–H and O–H groups in total. The molecule has 1 aromatic heterocycles. The summed E-state index contributed by atoms with van der Waals surface area (Å²) in [6, 6.07) is 7.04. The number of benzene rings is 1. The highest BCUT2D eigenvalue weighted by Crippen LogP contribution is 2.35. The van der Waals surface area contributed by atoms with Crippen LogP contribution in [0.5, 0.6) is 17.4 Å². The number of carbonyl (C=O) groups is 1. The van der Waals surface area contributed by atoms with Crippen molar-refractivity contribution in [3.05, 3.63) is 47.1 Å². The van der Waals surface area contributed by atoms with E-state index < -0.39 is 11.7 Å². The molecule has 5 nitrogen and oxygen atoms in total. The van der Waals surface area contributed by atoms with E-state index in [1.54, 1.807) is 23.1 Å². The number of nitrogens with zero attached hydrogens (tertiary/aromatic N) is 2. The minimum absolute atomic E-state index is 0.135. The lowest BCUT2D eigenvalue weighted by molar-refractivity contribution is -0.138. The Kier molecular flexibility index (Phi) is 6.90. The van der Waals surface area contributed by atoms with Gasteiger partial charge >= 0.3 is 6.18 Å². The smallest absolute Gasteiger partial charge is 0.417 e. The molecule has 0 saturated heterocycles. The Bertz CT molecular complexity index is 796. The van der Waals surface area contributed by atoms with Gasteiger partial charge in [0.05, 0.1) is 5.56 Å². The van der Waals surface area contributed by atoms with Gasteiger partial charge in [0.2, 0.25) is 5.88 Å². The third-order valence-electron chi connectivity index (χ3n) is 3.63. The molecule has 9 heteroatoms. The highest BCUT2D eigenvalue weighted by atomic mass is 35.5. The number of pyridine rings is 1. The first-order chi connectivity index (χ1) is 12.7. The second-order valence-electron chi connectivity index (χ2n) is 5.44. The topological polar surface area (TPSA) is 51.7 Å². The highest BCUT2D eigenvalue weighted by molar-refractivity contribution is 6.31. The van der Waals surface area contributed by atoms with E-state index in [0.29, 0.717) is 25.0 Å². The van der Waals surface area contributed by atoms with E-state index in [1.165, 1.54) is 6.07 Å². The van der Waals surface area contributed by atoms with Crippen molar-refractivity contribution < 1.29 is 27.4 Å². The van der Waals surface area contributed by atoms with Crippen molar-refractivity contribution in [3.63, 3.8) is 0 Å². The number of aromatic nitrogens is 1. The first-order valence-electron chi connectivity index (χ1n) is 8.15. The summed E-state index contributed by atoms with van der Waals surface area (Å²) in [6.45, 7) is 4.78. The fourth-order valence-corrected chi connectivity index (χ4v) is 2.41. The number of rotatable bonds is 7. The van der Waals surface area contributed by atoms with Crippen LogP contribution in [-0.2, 0) is 11.0 Å². The van der Waals surface area contributed by atoms with Crippen LogP contribution in [0.25, 0.3) is 0 Å². The molecular weight excluding hydrogens is 385 g/mol. The molecule has 0 aliphatic carbocycles. The molecule has 0 aliphatic rings. The van der Waals surface area contributed by atoms with Gasteiger partial charge in [0.15, 0.2) is 6.61 Å². The van der Waals surface area contributed by atoms with Crippen molar-refractivity contribution in [1.82, 2.24) is 9.88 Å². The van der Waals surface area contributed by atoms with E-state index in [-0.39, 0.29) is 29.2 Å². The number of carbonyl (C=O) groups excluding carboxylic acids is 1. The molecular formula is C18H18ClF3N2O3. The van der Waals surface area contributed by atoms with Crippen molar-refractivity contribution in [2.24, 2.45) is 0 Å². The quantitative estimate of drug-likeness (QED) is 0.668. The molecule has 146 valence electrons. The normalized spacial score (nSPS) is 11.2. The second kappa shape index (κ2) is 8.94. The van der Waals surface area contributed by atoms with Crippen LogP contribution in [0.2, 0.25) is 5.02 Å². The van der Waals surface area contributed by atoms with Gasteiger partial charge in [-0.15, -0.1) is 0 Å². The van der Waals surface area contributed by atoms with Crippen LogP contribution in [0, 0.1) is 0 Å². The zero-order valence-corrected chi connectivity index (χ0v) is 15.5. The summed E-state index contributed by atoms with van der Waals surface area (Å²) < 4.78 is 48.8. The van der Waals surface area contributed by atoms with Crippen LogP contribution in [-0.4, -0.2) is 35.5 Å². The zero-order valence-electron chi connectivity index (χ0n) is 14.7. The Balaban J connectivity index is 2.07. The Morgan fingerprint density at radius 3 is 2.44 bits per heavy atom. The standard InChI is InChI=1S/C18H18ClF3N2O3/c1-3-24(4-2)16(25)11-26-13-6-5-7-14(9-13)27-17-15(19)8-12(10-23-17)18(20,21)22/h5-10H,3-4,11H2,1-2H3. The molecule has 2 rings (SSSR count). The monoisotopic (exact) mass is 402 g/mol. The maximum absolute atomic E-state index is 12.7. The van der Waals surface area contributed by atoms with Gasteiger partial charge in [-0.3, -0.25) is 4.79 Å². The molecule has 0 spiro atoms. The molecule has 0 unspecified atom stereocenters. The Morgan fingerprint density at radius 1 is 1.19 bits per heavy atom. The molecule has 2 aromatic rings. The first kappa shape index (κ1) is 20.8. The van der Waals surface area contributed by atoms with Gasteiger partial charge < -0.3 is 14.4 Å². The van der Waals surface area contributed by atoms with Crippen LogP contribution in [0.1, 0.15) is 19.4 Å². The number of hydrogen-bond acceptors (Lipinski definition) is 4. The van der Waals surface area contributed by atoms with Gasteiger partial charge in [-0.1, -0.05) is 17.7 Å². The average Bonchev–Trinajstić information content (AvgIpc) is 2.62. The molecule has 0 atom stereocenters. The summed E-state index contributed by atoms with van der Waals surface area (Å²) in [7, 11) is 0. The zero-order chi connectivity index (χ0) is 20.0. The molecule has 1 amide bonds. The largest absolute Gasteiger partial charge is 0.484 e. The van der Waals surface area contributed by atoms with Gasteiger partial charge in [0, 0.05) is 25.4 Å². The fraction of sp³-hybridized carbons (Fsp3) is 0.333. The number of hydrogen-bond donors (Lipinski definition) is 0. The predicted octanol–water partition coefficient (Wildman–Crippen LogP) is 4.79. The van der Waals surface area contributed by atoms with Gasteiger partial charge in [0.1, 0.15) is 16.5 Å². The van der Waals surface area contributed by atoms with E-state index in [1.807, 2.05) is 13.8 Å². The van der Waals surface area contributed by atoms with Crippen LogP contribution < -0.4 is 9.47 Å². The predicted molar refractivity (Wildman–Crippen MR) is 94.2 cm³/mol. The summed E-state index contributed by atoms with van der Waals surface area (Å²) >= 11 is 5.83. The van der Waals surface area contributed by atoms with E-state index in [9.17, 15) is 18.0 Å². The van der Waals surface area contributed by atoms with Gasteiger partial charge in [-0.25, -0.2) is 4.98 Å². The van der Waals surface area contributed by atoms with E-state index in [4.69, 9.17) is 21.1 Å². The Hall–Kier alpha value is -2.48. The molecule has 0 saturated carbocycles. The van der Waals surface area contributed by atoms with E-state index in [0.717, 1.165) is 6.07 Å². The molecule has 1 heterocycles. The van der Waals surface area contributed by atoms with Crippen LogP contribution >= 0.6 is 11.6 Å². The van der Waals surface area contributed by atoms with Crippen molar-refractivity contribution in [1.29, 1.82) is 0 Å². The van der Waals surface area contributed by atoms with Crippen molar-refractivity contribution >= 4 is 17.5 Å². The Morgan fingerprint density at radius 2 is 1.85 bits per heavy atom. The lowest BCUT2D eigenvalue weighted by atomic mass is 10.3. The first-order valence-corrected chi connectivity index (χ1v) is 8.53. The third-order valence-corrected chi connectivity index (χ3v) is 3.90. The Labute approximate surface area is 159 Å². The van der Waals surface area contributed by atoms with E-state index >= 15 is 0 Å². The number of amides is 1. The molecule has 0 radical (unpaired) electrons. The van der Waals surface area contributed by atoms with Crippen LogP contribution in [0.15, 0.2) is 36.5 Å².